The van der Waals surface area contributed by atoms with Crippen molar-refractivity contribution in [2.45, 2.75) is 58.5 Å². The van der Waals surface area contributed by atoms with E-state index < -0.39 is 12.1 Å². The first kappa shape index (κ1) is 16.9. The number of aliphatic carboxylic acids is 1. The van der Waals surface area contributed by atoms with Crippen LogP contribution < -0.4 is 0 Å². The average molecular weight is 261 g/mol. The molecular formula is C13H24FNO3. The van der Waals surface area contributed by atoms with E-state index in [4.69, 9.17) is 5.11 Å². The van der Waals surface area contributed by atoms with Crippen LogP contribution in [0.1, 0.15) is 52.4 Å². The number of unbranched alkanes of at least 4 members (excludes halogenated alkanes) is 1. The van der Waals surface area contributed by atoms with E-state index in [1.807, 2.05) is 6.92 Å². The van der Waals surface area contributed by atoms with Crippen LogP contribution in [0.3, 0.4) is 0 Å². The van der Waals surface area contributed by atoms with Crippen LogP contribution in [0.25, 0.3) is 0 Å². The molecule has 0 aromatic carbocycles. The molecule has 0 saturated heterocycles. The molecule has 0 saturated carbocycles. The Morgan fingerprint density at radius 1 is 1.28 bits per heavy atom. The molecule has 0 rings (SSSR count). The van der Waals surface area contributed by atoms with E-state index in [1.165, 1.54) is 4.90 Å². The van der Waals surface area contributed by atoms with Gasteiger partial charge in [0.05, 0.1) is 6.17 Å². The van der Waals surface area contributed by atoms with E-state index in [2.05, 4.69) is 0 Å². The fourth-order valence-electron chi connectivity index (χ4n) is 1.73. The van der Waals surface area contributed by atoms with E-state index in [-0.39, 0.29) is 12.5 Å². The second kappa shape index (κ2) is 9.85. The highest BCUT2D eigenvalue weighted by molar-refractivity contribution is 5.81. The molecule has 0 aliphatic carbocycles. The lowest BCUT2D eigenvalue weighted by Gasteiger charge is -2.19. The molecule has 4 nitrogen and oxygen atoms in total. The first-order valence-corrected chi connectivity index (χ1v) is 6.64. The zero-order valence-corrected chi connectivity index (χ0v) is 11.3. The van der Waals surface area contributed by atoms with Crippen LogP contribution in [0.4, 0.5) is 4.39 Å². The minimum Gasteiger partial charge on any atom is -0.480 e. The highest BCUT2D eigenvalue weighted by Gasteiger charge is 2.15. The van der Waals surface area contributed by atoms with Crippen LogP contribution in [0, 0.1) is 0 Å². The van der Waals surface area contributed by atoms with Gasteiger partial charge >= 0.3 is 5.97 Å². The van der Waals surface area contributed by atoms with Crippen molar-refractivity contribution in [2.75, 3.05) is 13.1 Å². The molecule has 5 heteroatoms. The average Bonchev–Trinajstić information content (AvgIpc) is 2.32. The maximum absolute atomic E-state index is 12.9. The molecular weight excluding hydrogens is 237 g/mol. The van der Waals surface area contributed by atoms with Crippen LogP contribution in [0.5, 0.6) is 0 Å². The first-order chi connectivity index (χ1) is 8.51. The molecule has 0 aromatic rings. The summed E-state index contributed by atoms with van der Waals surface area (Å²) in [5.74, 6) is -1.14. The summed E-state index contributed by atoms with van der Waals surface area (Å²) in [5.41, 5.74) is 0. The number of nitrogens with zero attached hydrogens (tertiary/aromatic N) is 1. The molecule has 0 aliphatic heterocycles. The lowest BCUT2D eigenvalue weighted by molar-refractivity contribution is -0.144. The molecule has 0 radical (unpaired) electrons. The largest absolute Gasteiger partial charge is 0.480 e. The summed E-state index contributed by atoms with van der Waals surface area (Å²) in [7, 11) is 0. The highest BCUT2D eigenvalue weighted by atomic mass is 19.1. The van der Waals surface area contributed by atoms with Gasteiger partial charge in [-0.2, -0.15) is 0 Å². The molecule has 0 bridgehead atoms. The Morgan fingerprint density at radius 3 is 2.44 bits per heavy atom. The molecule has 0 aromatic heterocycles. The van der Waals surface area contributed by atoms with Gasteiger partial charge in [-0.1, -0.05) is 20.3 Å². The Hall–Kier alpha value is -1.13. The number of rotatable bonds is 10. The Bertz CT molecular complexity index is 259. The van der Waals surface area contributed by atoms with Gasteiger partial charge in [-0.25, -0.2) is 4.39 Å². The van der Waals surface area contributed by atoms with Gasteiger partial charge in [0.15, 0.2) is 0 Å². The zero-order valence-electron chi connectivity index (χ0n) is 11.3. The van der Waals surface area contributed by atoms with Crippen molar-refractivity contribution in [1.82, 2.24) is 4.90 Å². The molecule has 0 fully saturated rings. The lowest BCUT2D eigenvalue weighted by Crippen LogP contribution is -2.36. The number of carbonyl (C=O) groups excluding carboxylic acids is 1. The SMILES string of the molecule is CCCN(CC(=O)O)C(=O)CCCCC(F)CC. The number of halogens is 1. The zero-order chi connectivity index (χ0) is 14.0. The van der Waals surface area contributed by atoms with Crippen molar-refractivity contribution in [3.63, 3.8) is 0 Å². The Morgan fingerprint density at radius 2 is 1.94 bits per heavy atom. The van der Waals surface area contributed by atoms with Gasteiger partial charge in [0.2, 0.25) is 5.91 Å². The fourth-order valence-corrected chi connectivity index (χ4v) is 1.73. The summed E-state index contributed by atoms with van der Waals surface area (Å²) in [6, 6.07) is 0. The number of hydrogen-bond acceptors (Lipinski definition) is 2. The van der Waals surface area contributed by atoms with Crippen LogP contribution >= 0.6 is 0 Å². The predicted octanol–water partition coefficient (Wildman–Crippen LogP) is 2.62. The minimum absolute atomic E-state index is 0.147. The molecule has 0 spiro atoms. The summed E-state index contributed by atoms with van der Waals surface area (Å²) in [6.45, 7) is 3.92. The third-order valence-electron chi connectivity index (χ3n) is 2.77. The number of hydrogen-bond donors (Lipinski definition) is 1. The van der Waals surface area contributed by atoms with Gasteiger partial charge in [-0.05, 0) is 25.7 Å². The van der Waals surface area contributed by atoms with Crippen LogP contribution in [-0.2, 0) is 9.59 Å². The summed E-state index contributed by atoms with van der Waals surface area (Å²) >= 11 is 0. The van der Waals surface area contributed by atoms with Crippen molar-refractivity contribution in [3.8, 4) is 0 Å². The van der Waals surface area contributed by atoms with Crippen LogP contribution in [0.15, 0.2) is 0 Å². The van der Waals surface area contributed by atoms with Gasteiger partial charge < -0.3 is 10.0 Å². The normalized spacial score (nSPS) is 12.2. The van der Waals surface area contributed by atoms with Gasteiger partial charge in [-0.3, -0.25) is 9.59 Å². The number of carboxylic acid groups (broad SMARTS) is 1. The summed E-state index contributed by atoms with van der Waals surface area (Å²) in [4.78, 5) is 23.7. The Balaban J connectivity index is 3.91. The van der Waals surface area contributed by atoms with E-state index in [1.54, 1.807) is 6.92 Å². The lowest BCUT2D eigenvalue weighted by atomic mass is 10.1. The Kier molecular flexibility index (Phi) is 9.24. The van der Waals surface area contributed by atoms with E-state index in [0.29, 0.717) is 38.6 Å². The smallest absolute Gasteiger partial charge is 0.323 e. The first-order valence-electron chi connectivity index (χ1n) is 6.64. The van der Waals surface area contributed by atoms with Gasteiger partial charge in [0.25, 0.3) is 0 Å². The van der Waals surface area contributed by atoms with Crippen molar-refractivity contribution >= 4 is 11.9 Å². The molecule has 1 unspecified atom stereocenters. The van der Waals surface area contributed by atoms with Crippen LogP contribution in [-0.4, -0.2) is 41.1 Å². The van der Waals surface area contributed by atoms with Gasteiger partial charge in [-0.15, -0.1) is 0 Å². The number of carboxylic acids is 1. The van der Waals surface area contributed by atoms with Crippen molar-refractivity contribution in [2.24, 2.45) is 0 Å². The van der Waals surface area contributed by atoms with E-state index >= 15 is 0 Å². The van der Waals surface area contributed by atoms with Gasteiger partial charge in [0.1, 0.15) is 6.54 Å². The second-order valence-corrected chi connectivity index (χ2v) is 4.46. The molecule has 106 valence electrons. The maximum atomic E-state index is 12.9. The molecule has 1 atom stereocenters. The van der Waals surface area contributed by atoms with Crippen molar-refractivity contribution in [3.05, 3.63) is 0 Å². The highest BCUT2D eigenvalue weighted by Crippen LogP contribution is 2.10. The van der Waals surface area contributed by atoms with Gasteiger partial charge in [0, 0.05) is 13.0 Å². The predicted molar refractivity (Wildman–Crippen MR) is 68.2 cm³/mol. The maximum Gasteiger partial charge on any atom is 0.323 e. The number of amides is 1. The number of alkyl halides is 1. The molecule has 0 heterocycles. The van der Waals surface area contributed by atoms with E-state index in [9.17, 15) is 14.0 Å². The van der Waals surface area contributed by atoms with Crippen LogP contribution in [0.2, 0.25) is 0 Å². The van der Waals surface area contributed by atoms with E-state index in [0.717, 1.165) is 6.42 Å². The monoisotopic (exact) mass is 261 g/mol. The molecule has 0 aliphatic rings. The standard InChI is InChI=1S/C13H24FNO3/c1-3-9-15(10-13(17)18)12(16)8-6-5-7-11(14)4-2/h11H,3-10H2,1-2H3,(H,17,18). The summed E-state index contributed by atoms with van der Waals surface area (Å²) in [5, 5.41) is 8.69. The Labute approximate surface area is 108 Å². The molecule has 1 amide bonds. The van der Waals surface area contributed by atoms with Crippen molar-refractivity contribution in [1.29, 1.82) is 0 Å². The minimum atomic E-state index is -0.994. The fraction of sp³-hybridized carbons (Fsp3) is 0.846. The third-order valence-corrected chi connectivity index (χ3v) is 2.77. The quantitative estimate of drug-likeness (QED) is 0.615. The third kappa shape index (κ3) is 8.03. The summed E-state index contributed by atoms with van der Waals surface area (Å²) < 4.78 is 12.9. The molecule has 18 heavy (non-hydrogen) atoms. The topological polar surface area (TPSA) is 57.6 Å². The summed E-state index contributed by atoms with van der Waals surface area (Å²) in [6.07, 6.45) is 2.55. The van der Waals surface area contributed by atoms with Crippen molar-refractivity contribution < 1.29 is 19.1 Å². The molecule has 1 N–H and O–H groups in total. The number of carbonyl (C=O) groups is 2. The second-order valence-electron chi connectivity index (χ2n) is 4.46.